The predicted octanol–water partition coefficient (Wildman–Crippen LogP) is 4.57. The fourth-order valence-corrected chi connectivity index (χ4v) is 5.34. The van der Waals surface area contributed by atoms with E-state index in [0.29, 0.717) is 34.8 Å². The zero-order valence-electron chi connectivity index (χ0n) is 21.9. The number of carbonyl (C=O) groups excluding carboxylic acids is 2. The standard InChI is InChI=1S/C31H32ClN5O2/c32-27-9-11-29(12-10-27)36-17-19-37(20-18-36)31(39)26-7-5-25(6-8-26)30(38)34-28-13-15-35(16-14-28)22-24-3-1-23(21-33)2-4-24/h1-12,28H,13-20,22H2,(H,34,38). The van der Waals surface area contributed by atoms with Crippen molar-refractivity contribution in [1.29, 1.82) is 5.26 Å². The van der Waals surface area contributed by atoms with Crippen molar-refractivity contribution >= 4 is 29.1 Å². The van der Waals surface area contributed by atoms with Crippen LogP contribution in [0.5, 0.6) is 0 Å². The van der Waals surface area contributed by atoms with Gasteiger partial charge in [-0.1, -0.05) is 23.7 Å². The molecule has 0 saturated carbocycles. The highest BCUT2D eigenvalue weighted by Crippen LogP contribution is 2.21. The Hall–Kier alpha value is -3.86. The fourth-order valence-electron chi connectivity index (χ4n) is 5.21. The molecule has 0 aromatic heterocycles. The molecule has 2 fully saturated rings. The Balaban J connectivity index is 1.07. The van der Waals surface area contributed by atoms with Crippen LogP contribution >= 0.6 is 11.6 Å². The lowest BCUT2D eigenvalue weighted by atomic mass is 10.0. The van der Waals surface area contributed by atoms with Gasteiger partial charge >= 0.3 is 0 Å². The van der Waals surface area contributed by atoms with Crippen LogP contribution in [0.4, 0.5) is 5.69 Å². The Bertz CT molecular complexity index is 1320. The van der Waals surface area contributed by atoms with Gasteiger partial charge in [0.15, 0.2) is 0 Å². The minimum Gasteiger partial charge on any atom is -0.368 e. The average molecular weight is 542 g/mol. The maximum Gasteiger partial charge on any atom is 0.253 e. The number of anilines is 1. The number of rotatable bonds is 6. The normalized spacial score (nSPS) is 16.5. The van der Waals surface area contributed by atoms with Crippen molar-refractivity contribution in [2.45, 2.75) is 25.4 Å². The summed E-state index contributed by atoms with van der Waals surface area (Å²) in [6.45, 7) is 5.48. The van der Waals surface area contributed by atoms with Gasteiger partial charge in [-0.05, 0) is 79.1 Å². The third-order valence-corrected chi connectivity index (χ3v) is 7.82. The van der Waals surface area contributed by atoms with Crippen LogP contribution in [0.3, 0.4) is 0 Å². The highest BCUT2D eigenvalue weighted by atomic mass is 35.5. The fraction of sp³-hybridized carbons (Fsp3) is 0.323. The van der Waals surface area contributed by atoms with Crippen LogP contribution in [0, 0.1) is 11.3 Å². The first-order valence-corrected chi connectivity index (χ1v) is 13.8. The molecular formula is C31H32ClN5O2. The van der Waals surface area contributed by atoms with Gasteiger partial charge in [0.1, 0.15) is 0 Å². The summed E-state index contributed by atoms with van der Waals surface area (Å²) < 4.78 is 0. The van der Waals surface area contributed by atoms with Crippen LogP contribution < -0.4 is 10.2 Å². The minimum absolute atomic E-state index is 0.00708. The minimum atomic E-state index is -0.101. The molecule has 0 unspecified atom stereocenters. The first kappa shape index (κ1) is 26.7. The van der Waals surface area contributed by atoms with Crippen molar-refractivity contribution in [3.8, 4) is 6.07 Å². The van der Waals surface area contributed by atoms with Gasteiger partial charge in [-0.3, -0.25) is 14.5 Å². The third-order valence-electron chi connectivity index (χ3n) is 7.56. The molecule has 0 bridgehead atoms. The van der Waals surface area contributed by atoms with E-state index in [1.165, 1.54) is 5.56 Å². The molecule has 3 aromatic carbocycles. The summed E-state index contributed by atoms with van der Waals surface area (Å²) in [5, 5.41) is 12.8. The van der Waals surface area contributed by atoms with Gasteiger partial charge in [-0.25, -0.2) is 0 Å². The maximum absolute atomic E-state index is 13.0. The van der Waals surface area contributed by atoms with Gasteiger partial charge in [0, 0.05) is 73.7 Å². The Morgan fingerprint density at radius 2 is 1.44 bits per heavy atom. The molecule has 3 aromatic rings. The lowest BCUT2D eigenvalue weighted by molar-refractivity contribution is 0.0746. The number of nitrogens with one attached hydrogen (secondary N) is 1. The molecule has 0 spiro atoms. The Morgan fingerprint density at radius 1 is 0.821 bits per heavy atom. The zero-order valence-corrected chi connectivity index (χ0v) is 22.6. The van der Waals surface area contributed by atoms with Crippen LogP contribution in [-0.2, 0) is 6.54 Å². The molecule has 1 N–H and O–H groups in total. The number of nitrogens with zero attached hydrogens (tertiary/aromatic N) is 4. The molecule has 2 heterocycles. The molecule has 0 aliphatic carbocycles. The predicted molar refractivity (Wildman–Crippen MR) is 153 cm³/mol. The zero-order chi connectivity index (χ0) is 27.2. The summed E-state index contributed by atoms with van der Waals surface area (Å²) in [6.07, 6.45) is 1.78. The van der Waals surface area contributed by atoms with Crippen molar-refractivity contribution in [2.75, 3.05) is 44.2 Å². The molecule has 0 atom stereocenters. The molecule has 5 rings (SSSR count). The van der Waals surface area contributed by atoms with E-state index < -0.39 is 0 Å². The molecule has 2 aliphatic rings. The molecule has 2 saturated heterocycles. The van der Waals surface area contributed by atoms with Crippen molar-refractivity contribution in [3.05, 3.63) is 100 Å². The van der Waals surface area contributed by atoms with Gasteiger partial charge < -0.3 is 15.1 Å². The maximum atomic E-state index is 13.0. The quantitative estimate of drug-likeness (QED) is 0.494. The number of hydrogen-bond acceptors (Lipinski definition) is 5. The first-order valence-electron chi connectivity index (χ1n) is 13.4. The van der Waals surface area contributed by atoms with Gasteiger partial charge in [0.25, 0.3) is 11.8 Å². The van der Waals surface area contributed by atoms with E-state index >= 15 is 0 Å². The number of carbonyl (C=O) groups is 2. The van der Waals surface area contributed by atoms with Crippen LogP contribution in [0.1, 0.15) is 44.7 Å². The van der Waals surface area contributed by atoms with Crippen LogP contribution in [0.2, 0.25) is 5.02 Å². The van der Waals surface area contributed by atoms with E-state index in [4.69, 9.17) is 16.9 Å². The van der Waals surface area contributed by atoms with Crippen molar-refractivity contribution in [1.82, 2.24) is 15.1 Å². The Kier molecular flexibility index (Phi) is 8.45. The highest BCUT2D eigenvalue weighted by molar-refractivity contribution is 6.30. The van der Waals surface area contributed by atoms with E-state index in [-0.39, 0.29) is 17.9 Å². The number of piperazine rings is 1. The molecule has 200 valence electrons. The van der Waals surface area contributed by atoms with Crippen LogP contribution in [0.15, 0.2) is 72.8 Å². The summed E-state index contributed by atoms with van der Waals surface area (Å²) >= 11 is 5.99. The number of piperidine rings is 1. The van der Waals surface area contributed by atoms with E-state index in [9.17, 15) is 9.59 Å². The SMILES string of the molecule is N#Cc1ccc(CN2CCC(NC(=O)c3ccc(C(=O)N4CCN(c5ccc(Cl)cc5)CC4)cc3)CC2)cc1. The lowest BCUT2D eigenvalue weighted by Crippen LogP contribution is -2.48. The van der Waals surface area contributed by atoms with E-state index in [2.05, 4.69) is 21.2 Å². The topological polar surface area (TPSA) is 79.7 Å². The van der Waals surface area contributed by atoms with Crippen molar-refractivity contribution in [3.63, 3.8) is 0 Å². The summed E-state index contributed by atoms with van der Waals surface area (Å²) in [5.74, 6) is -0.108. The lowest BCUT2D eigenvalue weighted by Gasteiger charge is -2.36. The molecule has 7 nitrogen and oxygen atoms in total. The number of nitriles is 1. The number of likely N-dealkylation sites (tertiary alicyclic amines) is 1. The monoisotopic (exact) mass is 541 g/mol. The third kappa shape index (κ3) is 6.78. The van der Waals surface area contributed by atoms with Crippen LogP contribution in [0.25, 0.3) is 0 Å². The Labute approximate surface area is 234 Å². The largest absolute Gasteiger partial charge is 0.368 e. The average Bonchev–Trinajstić information content (AvgIpc) is 2.99. The molecule has 2 amide bonds. The van der Waals surface area contributed by atoms with Gasteiger partial charge in [0.2, 0.25) is 0 Å². The molecule has 0 radical (unpaired) electrons. The van der Waals surface area contributed by atoms with Gasteiger partial charge in [-0.2, -0.15) is 5.26 Å². The molecule has 39 heavy (non-hydrogen) atoms. The van der Waals surface area contributed by atoms with Gasteiger partial charge in [-0.15, -0.1) is 0 Å². The second-order valence-corrected chi connectivity index (χ2v) is 10.6. The first-order chi connectivity index (χ1) is 19.0. The van der Waals surface area contributed by atoms with E-state index in [0.717, 1.165) is 51.3 Å². The van der Waals surface area contributed by atoms with Crippen LogP contribution in [-0.4, -0.2) is 66.9 Å². The molecule has 8 heteroatoms. The summed E-state index contributed by atoms with van der Waals surface area (Å²) in [6, 6.07) is 24.8. The smallest absolute Gasteiger partial charge is 0.253 e. The van der Waals surface area contributed by atoms with Crippen molar-refractivity contribution in [2.24, 2.45) is 0 Å². The summed E-state index contributed by atoms with van der Waals surface area (Å²) in [5.41, 5.74) is 4.14. The second kappa shape index (κ2) is 12.3. The Morgan fingerprint density at radius 3 is 2.05 bits per heavy atom. The molecule has 2 aliphatic heterocycles. The second-order valence-electron chi connectivity index (χ2n) is 10.2. The molecular weight excluding hydrogens is 510 g/mol. The highest BCUT2D eigenvalue weighted by Gasteiger charge is 2.24. The summed E-state index contributed by atoms with van der Waals surface area (Å²) in [4.78, 5) is 32.4. The number of halogens is 1. The summed E-state index contributed by atoms with van der Waals surface area (Å²) in [7, 11) is 0. The van der Waals surface area contributed by atoms with E-state index in [1.54, 1.807) is 24.3 Å². The van der Waals surface area contributed by atoms with Crippen molar-refractivity contribution < 1.29 is 9.59 Å². The van der Waals surface area contributed by atoms with Gasteiger partial charge in [0.05, 0.1) is 11.6 Å². The van der Waals surface area contributed by atoms with E-state index in [1.807, 2.05) is 53.4 Å². The number of amides is 2. The number of benzene rings is 3. The number of hydrogen-bond donors (Lipinski definition) is 1.